The average Bonchev–Trinajstić information content (AvgIpc) is 3.19. The first kappa shape index (κ1) is 34.4. The van der Waals surface area contributed by atoms with Gasteiger partial charge in [-0.1, -0.05) is 13.8 Å². The zero-order valence-corrected chi connectivity index (χ0v) is 23.8. The van der Waals surface area contributed by atoms with Gasteiger partial charge >= 0.3 is 11.9 Å². The van der Waals surface area contributed by atoms with Crippen LogP contribution in [0.5, 0.6) is 0 Å². The molecule has 15 heteroatoms. The van der Waals surface area contributed by atoms with Crippen LogP contribution in [0.4, 0.5) is 0 Å². The van der Waals surface area contributed by atoms with Crippen molar-refractivity contribution in [2.45, 2.75) is 101 Å². The van der Waals surface area contributed by atoms with Gasteiger partial charge in [0.1, 0.15) is 49.1 Å². The molecule has 3 aliphatic rings. The van der Waals surface area contributed by atoms with Gasteiger partial charge < -0.3 is 59.4 Å². The molecule has 0 amide bonds. The molecular weight excluding hydrogens is 564 g/mol. The number of hydrogen-bond donors (Lipinski definition) is 7. The first-order valence-corrected chi connectivity index (χ1v) is 13.8. The standard InChI is InChI=1S/C27H42O15/c1-13(4-5-16-14(9-28)6-15(30)8-26(16,2)3)40-24-22(42-25-23(36)27(37,11-29)12-39-25)21(35)20(34)17(41-24)10-38-19(33)7-18(31)32/h6,13,16-17,20-25,28-29,34-37H,4-5,7-12H2,1-3H3,(H,31,32)/t13-,16+,17-,20-,21+,22-,23+,24-,25+,27-/m1/s1. The molecule has 0 aromatic carbocycles. The van der Waals surface area contributed by atoms with Gasteiger partial charge in [-0.25, -0.2) is 0 Å². The molecule has 42 heavy (non-hydrogen) atoms. The second-order valence-corrected chi connectivity index (χ2v) is 11.8. The van der Waals surface area contributed by atoms with Crippen LogP contribution in [-0.4, -0.2) is 135 Å². The highest BCUT2D eigenvalue weighted by Gasteiger charge is 2.53. The summed E-state index contributed by atoms with van der Waals surface area (Å²) in [5, 5.41) is 70.4. The molecule has 2 fully saturated rings. The third-order valence-corrected chi connectivity index (χ3v) is 8.00. The Morgan fingerprint density at radius 2 is 1.83 bits per heavy atom. The molecular formula is C27H42O15. The average molecular weight is 607 g/mol. The molecule has 0 bridgehead atoms. The molecule has 7 N–H and O–H groups in total. The lowest BCUT2D eigenvalue weighted by atomic mass is 9.66. The summed E-state index contributed by atoms with van der Waals surface area (Å²) in [7, 11) is 0. The summed E-state index contributed by atoms with van der Waals surface area (Å²) in [6.07, 6.45) is -9.83. The normalized spacial score (nSPS) is 37.3. The fourth-order valence-electron chi connectivity index (χ4n) is 5.57. The number of aliphatic carboxylic acids is 1. The zero-order valence-electron chi connectivity index (χ0n) is 23.8. The highest BCUT2D eigenvalue weighted by Crippen LogP contribution is 2.43. The van der Waals surface area contributed by atoms with Gasteiger partial charge in [-0.2, -0.15) is 0 Å². The van der Waals surface area contributed by atoms with E-state index >= 15 is 0 Å². The fourth-order valence-corrected chi connectivity index (χ4v) is 5.57. The summed E-state index contributed by atoms with van der Waals surface area (Å²) >= 11 is 0. The van der Waals surface area contributed by atoms with E-state index in [-0.39, 0.29) is 18.3 Å². The molecule has 0 radical (unpaired) electrons. The maximum atomic E-state index is 12.1. The third-order valence-electron chi connectivity index (χ3n) is 8.00. The summed E-state index contributed by atoms with van der Waals surface area (Å²) in [6, 6.07) is 0. The molecule has 0 saturated carbocycles. The van der Waals surface area contributed by atoms with E-state index in [0.717, 1.165) is 0 Å². The molecule has 2 saturated heterocycles. The highest BCUT2D eigenvalue weighted by molar-refractivity contribution is 5.92. The molecule has 0 aromatic heterocycles. The number of aliphatic hydroxyl groups is 6. The zero-order chi connectivity index (χ0) is 31.4. The summed E-state index contributed by atoms with van der Waals surface area (Å²) < 4.78 is 27.7. The van der Waals surface area contributed by atoms with Crippen LogP contribution in [0.3, 0.4) is 0 Å². The summed E-state index contributed by atoms with van der Waals surface area (Å²) in [4.78, 5) is 34.6. The Bertz CT molecular complexity index is 998. The second-order valence-electron chi connectivity index (χ2n) is 11.8. The predicted octanol–water partition coefficient (Wildman–Crippen LogP) is -2.00. The van der Waals surface area contributed by atoms with E-state index < -0.39 is 98.4 Å². The van der Waals surface area contributed by atoms with Gasteiger partial charge in [0, 0.05) is 6.42 Å². The minimum atomic E-state index is -2.03. The van der Waals surface area contributed by atoms with Gasteiger partial charge in [-0.05, 0) is 42.7 Å². The lowest BCUT2D eigenvalue weighted by molar-refractivity contribution is -0.343. The monoisotopic (exact) mass is 606 g/mol. The van der Waals surface area contributed by atoms with Crippen LogP contribution in [0, 0.1) is 11.3 Å². The molecule has 240 valence electrons. The number of carboxylic acids is 1. The van der Waals surface area contributed by atoms with E-state index in [1.807, 2.05) is 13.8 Å². The molecule has 15 nitrogen and oxygen atoms in total. The second kappa shape index (κ2) is 14.2. The Balaban J connectivity index is 1.74. The van der Waals surface area contributed by atoms with Crippen molar-refractivity contribution in [2.75, 3.05) is 26.4 Å². The Kier molecular flexibility index (Phi) is 11.6. The molecule has 3 rings (SSSR count). The van der Waals surface area contributed by atoms with Gasteiger partial charge in [0.05, 0.1) is 25.9 Å². The van der Waals surface area contributed by atoms with E-state index in [0.29, 0.717) is 24.8 Å². The Morgan fingerprint density at radius 3 is 2.43 bits per heavy atom. The van der Waals surface area contributed by atoms with Gasteiger partial charge in [-0.3, -0.25) is 14.4 Å². The van der Waals surface area contributed by atoms with Crippen molar-refractivity contribution in [1.29, 1.82) is 0 Å². The molecule has 10 atom stereocenters. The van der Waals surface area contributed by atoms with E-state index in [1.54, 1.807) is 6.92 Å². The van der Waals surface area contributed by atoms with Crippen LogP contribution in [0.25, 0.3) is 0 Å². The first-order valence-electron chi connectivity index (χ1n) is 13.8. The maximum absolute atomic E-state index is 12.1. The van der Waals surface area contributed by atoms with E-state index in [1.165, 1.54) is 6.08 Å². The topological polar surface area (TPSA) is 239 Å². The van der Waals surface area contributed by atoms with E-state index in [9.17, 15) is 45.0 Å². The Labute approximate surface area is 242 Å². The SMILES string of the molecule is C[C@H](CC[C@H]1C(CO)=CC(=O)CC1(C)C)O[C@@H]1O[C@H](COC(=O)CC(=O)O)[C@@H](O)[C@H](O)[C@H]1O[C@@H]1OC[C@](O)(CO)[C@H]1O. The fraction of sp³-hybridized carbons (Fsp3) is 0.815. The van der Waals surface area contributed by atoms with Crippen LogP contribution in [0.2, 0.25) is 0 Å². The summed E-state index contributed by atoms with van der Waals surface area (Å²) in [6.45, 7) is 3.37. The van der Waals surface area contributed by atoms with Crippen LogP contribution in [0.1, 0.15) is 46.5 Å². The number of hydrogen-bond acceptors (Lipinski definition) is 14. The van der Waals surface area contributed by atoms with Gasteiger partial charge in [0.25, 0.3) is 0 Å². The quantitative estimate of drug-likeness (QED) is 0.0886. The van der Waals surface area contributed by atoms with Gasteiger partial charge in [-0.15, -0.1) is 0 Å². The molecule has 1 aliphatic carbocycles. The van der Waals surface area contributed by atoms with Crippen LogP contribution < -0.4 is 0 Å². The number of ether oxygens (including phenoxy) is 5. The van der Waals surface area contributed by atoms with Crippen molar-refractivity contribution in [1.82, 2.24) is 0 Å². The number of rotatable bonds is 13. The number of allylic oxidation sites excluding steroid dienone is 1. The van der Waals surface area contributed by atoms with E-state index in [2.05, 4.69) is 0 Å². The van der Waals surface area contributed by atoms with Crippen LogP contribution >= 0.6 is 0 Å². The molecule has 2 aliphatic heterocycles. The number of carboxylic acid groups (broad SMARTS) is 1. The van der Waals surface area contributed by atoms with Crippen molar-refractivity contribution in [3.63, 3.8) is 0 Å². The number of esters is 1. The lowest BCUT2D eigenvalue weighted by Crippen LogP contribution is -2.62. The van der Waals surface area contributed by atoms with Crippen molar-refractivity contribution in [3.8, 4) is 0 Å². The maximum Gasteiger partial charge on any atom is 0.317 e. The minimum absolute atomic E-state index is 0.0627. The highest BCUT2D eigenvalue weighted by atomic mass is 16.8. The van der Waals surface area contributed by atoms with Crippen molar-refractivity contribution >= 4 is 17.7 Å². The Hall–Kier alpha value is -2.05. The van der Waals surface area contributed by atoms with Gasteiger partial charge in [0.15, 0.2) is 18.4 Å². The smallest absolute Gasteiger partial charge is 0.317 e. The number of ketones is 1. The van der Waals surface area contributed by atoms with Crippen molar-refractivity contribution < 1.29 is 73.8 Å². The third kappa shape index (κ3) is 8.11. The van der Waals surface area contributed by atoms with Crippen molar-refractivity contribution in [3.05, 3.63) is 11.6 Å². The summed E-state index contributed by atoms with van der Waals surface area (Å²) in [5.74, 6) is -2.70. The number of aliphatic hydroxyl groups excluding tert-OH is 5. The molecule has 0 unspecified atom stereocenters. The molecule has 0 aromatic rings. The molecule has 2 heterocycles. The minimum Gasteiger partial charge on any atom is -0.481 e. The van der Waals surface area contributed by atoms with Crippen LogP contribution in [0.15, 0.2) is 11.6 Å². The summed E-state index contributed by atoms with van der Waals surface area (Å²) in [5.41, 5.74) is -1.83. The Morgan fingerprint density at radius 1 is 1.14 bits per heavy atom. The number of carbonyl (C=O) groups excluding carboxylic acids is 2. The predicted molar refractivity (Wildman–Crippen MR) is 138 cm³/mol. The lowest BCUT2D eigenvalue weighted by Gasteiger charge is -2.44. The largest absolute Gasteiger partial charge is 0.481 e. The first-order chi connectivity index (χ1) is 19.6. The van der Waals surface area contributed by atoms with Crippen molar-refractivity contribution in [2.24, 2.45) is 11.3 Å². The molecule has 0 spiro atoms. The van der Waals surface area contributed by atoms with E-state index in [4.69, 9.17) is 28.8 Å². The number of carbonyl (C=O) groups is 3. The van der Waals surface area contributed by atoms with Crippen LogP contribution in [-0.2, 0) is 38.1 Å². The van der Waals surface area contributed by atoms with Gasteiger partial charge in [0.2, 0.25) is 0 Å².